The zero-order valence-corrected chi connectivity index (χ0v) is 23.1. The number of imidazole rings is 1. The van der Waals surface area contributed by atoms with Crippen LogP contribution in [0.25, 0.3) is 11.4 Å². The van der Waals surface area contributed by atoms with Crippen molar-refractivity contribution in [3.8, 4) is 22.9 Å². The maximum Gasteiger partial charge on any atom is 0.329 e. The van der Waals surface area contributed by atoms with E-state index in [4.69, 9.17) is 16.3 Å². The number of imide groups is 1. The van der Waals surface area contributed by atoms with Gasteiger partial charge in [0.15, 0.2) is 11.6 Å². The van der Waals surface area contributed by atoms with Gasteiger partial charge in [-0.05, 0) is 47.9 Å². The number of ether oxygens (including phenoxy) is 1. The summed E-state index contributed by atoms with van der Waals surface area (Å²) in [6.45, 7) is 3.93. The van der Waals surface area contributed by atoms with Crippen molar-refractivity contribution in [2.24, 2.45) is 7.05 Å². The number of benzene rings is 3. The maximum atomic E-state index is 14.1. The lowest BCUT2D eigenvalue weighted by Crippen LogP contribution is -2.50. The summed E-state index contributed by atoms with van der Waals surface area (Å²) in [6, 6.07) is 15.0. The van der Waals surface area contributed by atoms with Crippen LogP contribution in [-0.4, -0.2) is 32.9 Å². The predicted molar refractivity (Wildman–Crippen MR) is 150 cm³/mol. The molecule has 2 aliphatic heterocycles. The Balaban J connectivity index is 1.15. The van der Waals surface area contributed by atoms with Crippen molar-refractivity contribution in [3.05, 3.63) is 94.1 Å². The molecule has 1 aromatic heterocycles. The van der Waals surface area contributed by atoms with E-state index < -0.39 is 17.7 Å². The monoisotopic (exact) mass is 577 g/mol. The Morgan fingerprint density at radius 1 is 1.10 bits per heavy atom. The third-order valence-corrected chi connectivity index (χ3v) is 7.84. The topological polar surface area (TPSA) is 79.7 Å². The summed E-state index contributed by atoms with van der Waals surface area (Å²) in [7, 11) is 1.86. The van der Waals surface area contributed by atoms with Gasteiger partial charge in [0, 0.05) is 50.8 Å². The zero-order valence-electron chi connectivity index (χ0n) is 22.3. The first kappa shape index (κ1) is 26.9. The molecule has 1 saturated heterocycles. The fourth-order valence-electron chi connectivity index (χ4n) is 5.36. The Morgan fingerprint density at radius 3 is 2.61 bits per heavy atom. The minimum absolute atomic E-state index is 0.134. The fourth-order valence-corrected chi connectivity index (χ4v) is 5.59. The van der Waals surface area contributed by atoms with Crippen LogP contribution < -0.4 is 15.0 Å². The first-order valence-electron chi connectivity index (χ1n) is 13.1. The van der Waals surface area contributed by atoms with E-state index in [1.54, 1.807) is 18.3 Å². The van der Waals surface area contributed by atoms with Crippen LogP contribution in [0, 0.1) is 11.6 Å². The second-order valence-corrected chi connectivity index (χ2v) is 10.6. The largest absolute Gasteiger partial charge is 0.453 e. The van der Waals surface area contributed by atoms with Gasteiger partial charge < -0.3 is 9.30 Å². The van der Waals surface area contributed by atoms with E-state index >= 15 is 0 Å². The molecule has 3 aromatic carbocycles. The normalized spacial score (nSPS) is 17.1. The molecule has 1 fully saturated rings. The number of hydrogen-bond donors (Lipinski definition) is 1. The molecule has 0 radical (unpaired) electrons. The first-order valence-corrected chi connectivity index (χ1v) is 13.5. The second-order valence-electron chi connectivity index (χ2n) is 10.2. The summed E-state index contributed by atoms with van der Waals surface area (Å²) in [4.78, 5) is 32.3. The molecule has 1 N–H and O–H groups in total. The Labute approximate surface area is 240 Å². The minimum atomic E-state index is -0.864. The van der Waals surface area contributed by atoms with Gasteiger partial charge in [-0.3, -0.25) is 19.9 Å². The number of fused-ring (bicyclic) bond motifs is 1. The molecule has 2 aliphatic rings. The van der Waals surface area contributed by atoms with Crippen molar-refractivity contribution in [1.82, 2.24) is 19.8 Å². The molecule has 4 aromatic rings. The first-order chi connectivity index (χ1) is 19.7. The molecular formula is C30H26ClF2N5O3. The number of carbonyl (C=O) groups excluding carboxylic acids is 2. The lowest BCUT2D eigenvalue weighted by Gasteiger charge is -2.26. The average molecular weight is 578 g/mol. The fraction of sp³-hybridized carbons (Fsp3) is 0.233. The molecule has 0 saturated carbocycles. The number of nitrogens with one attached hydrogen (secondary N) is 1. The van der Waals surface area contributed by atoms with Crippen molar-refractivity contribution in [1.29, 1.82) is 0 Å². The van der Waals surface area contributed by atoms with Gasteiger partial charge in [-0.15, -0.1) is 0 Å². The Kier molecular flexibility index (Phi) is 6.96. The van der Waals surface area contributed by atoms with Gasteiger partial charge in [0.05, 0.1) is 11.2 Å². The Bertz CT molecular complexity index is 1650. The van der Waals surface area contributed by atoms with E-state index in [0.717, 1.165) is 35.6 Å². The Hall–Kier alpha value is -4.28. The van der Waals surface area contributed by atoms with Gasteiger partial charge >= 0.3 is 6.03 Å². The van der Waals surface area contributed by atoms with E-state index in [1.807, 2.05) is 29.8 Å². The summed E-state index contributed by atoms with van der Waals surface area (Å²) in [5.41, 5.74) is 4.42. The highest BCUT2D eigenvalue weighted by atomic mass is 35.5. The van der Waals surface area contributed by atoms with Crippen LogP contribution in [0.1, 0.15) is 36.1 Å². The highest BCUT2D eigenvalue weighted by molar-refractivity contribution is 6.32. The maximum absolute atomic E-state index is 14.1. The van der Waals surface area contributed by atoms with Crippen LogP contribution in [0.2, 0.25) is 5.02 Å². The number of nitrogens with zero attached hydrogens (tertiary/aromatic N) is 4. The third kappa shape index (κ3) is 5.16. The molecule has 3 heterocycles. The second kappa shape index (κ2) is 10.6. The number of rotatable bonds is 6. The van der Waals surface area contributed by atoms with Crippen molar-refractivity contribution in [3.63, 3.8) is 0 Å². The van der Waals surface area contributed by atoms with E-state index in [1.165, 1.54) is 16.0 Å². The number of halogens is 3. The van der Waals surface area contributed by atoms with Gasteiger partial charge in [-0.2, -0.15) is 0 Å². The van der Waals surface area contributed by atoms with Crippen molar-refractivity contribution < 1.29 is 23.1 Å². The molecule has 0 aliphatic carbocycles. The van der Waals surface area contributed by atoms with Crippen molar-refractivity contribution in [2.45, 2.75) is 32.5 Å². The van der Waals surface area contributed by atoms with Crippen LogP contribution in [0.5, 0.6) is 11.5 Å². The SMILES string of the molecule is CC1c2cc(-c3ncc(N4CCC(=O)NC4=O)n3C)ccc2CN1Cc1ccc(Oc2c(F)cc(F)cc2Cl)cc1. The molecule has 1 unspecified atom stereocenters. The van der Waals surface area contributed by atoms with Crippen LogP contribution in [0.15, 0.2) is 60.8 Å². The highest BCUT2D eigenvalue weighted by Crippen LogP contribution is 2.38. The molecule has 1 atom stereocenters. The zero-order chi connectivity index (χ0) is 28.8. The van der Waals surface area contributed by atoms with Gasteiger partial charge in [-0.1, -0.05) is 35.9 Å². The molecule has 0 spiro atoms. The number of aromatic nitrogens is 2. The summed E-state index contributed by atoms with van der Waals surface area (Å²) < 4.78 is 34.9. The Morgan fingerprint density at radius 2 is 1.88 bits per heavy atom. The van der Waals surface area contributed by atoms with Crippen LogP contribution >= 0.6 is 11.6 Å². The lowest BCUT2D eigenvalue weighted by molar-refractivity contribution is -0.120. The van der Waals surface area contributed by atoms with E-state index in [9.17, 15) is 18.4 Å². The van der Waals surface area contributed by atoms with Gasteiger partial charge in [0.25, 0.3) is 0 Å². The molecule has 210 valence electrons. The molecule has 3 amide bonds. The molecule has 11 heteroatoms. The number of amides is 3. The van der Waals surface area contributed by atoms with Crippen LogP contribution in [0.4, 0.5) is 19.4 Å². The standard InChI is InChI=1S/C30H26ClF2N5O3/c1-17-23-11-19(29-34-14-27(36(29)2)38-10-9-26(39)35-30(38)40)5-6-20(23)16-37(17)15-18-3-7-22(8-4-18)41-28-24(31)12-21(32)13-25(28)33/h3-8,11-14,17H,9-10,15-16H2,1-2H3,(H,35,39,40). The summed E-state index contributed by atoms with van der Waals surface area (Å²) in [5, 5.41) is 2.22. The summed E-state index contributed by atoms with van der Waals surface area (Å²) >= 11 is 5.95. The number of urea groups is 1. The van der Waals surface area contributed by atoms with E-state index in [2.05, 4.69) is 34.3 Å². The smallest absolute Gasteiger partial charge is 0.329 e. The molecule has 41 heavy (non-hydrogen) atoms. The molecule has 8 nitrogen and oxygen atoms in total. The molecule has 0 bridgehead atoms. The summed E-state index contributed by atoms with van der Waals surface area (Å²) in [6.07, 6.45) is 1.90. The quantitative estimate of drug-likeness (QED) is 0.289. The average Bonchev–Trinajstić information content (AvgIpc) is 3.46. The van der Waals surface area contributed by atoms with Gasteiger partial charge in [-0.25, -0.2) is 18.6 Å². The van der Waals surface area contributed by atoms with Crippen molar-refractivity contribution >= 4 is 29.4 Å². The number of hydrogen-bond acceptors (Lipinski definition) is 5. The lowest BCUT2D eigenvalue weighted by atomic mass is 10.0. The van der Waals surface area contributed by atoms with Gasteiger partial charge in [0.2, 0.25) is 5.91 Å². The van der Waals surface area contributed by atoms with E-state index in [-0.39, 0.29) is 29.1 Å². The number of anilines is 1. The molecular weight excluding hydrogens is 552 g/mol. The van der Waals surface area contributed by atoms with Crippen LogP contribution in [-0.2, 0) is 24.9 Å². The molecule has 6 rings (SSSR count). The van der Waals surface area contributed by atoms with Crippen molar-refractivity contribution in [2.75, 3.05) is 11.4 Å². The third-order valence-electron chi connectivity index (χ3n) is 7.56. The van der Waals surface area contributed by atoms with Gasteiger partial charge in [0.1, 0.15) is 23.2 Å². The minimum Gasteiger partial charge on any atom is -0.453 e. The highest BCUT2D eigenvalue weighted by Gasteiger charge is 2.29. The van der Waals surface area contributed by atoms with E-state index in [0.29, 0.717) is 24.7 Å². The van der Waals surface area contributed by atoms with Crippen LogP contribution in [0.3, 0.4) is 0 Å². The number of carbonyl (C=O) groups is 2. The summed E-state index contributed by atoms with van der Waals surface area (Å²) in [5.74, 6) is -0.375. The predicted octanol–water partition coefficient (Wildman–Crippen LogP) is 6.33.